The molecule has 8 heteroatoms. The van der Waals surface area contributed by atoms with Gasteiger partial charge in [-0.2, -0.15) is 0 Å². The standard InChI is InChI=1S/C28H31N5O3/c1-4-28(2,3)29-27(36)26(21-14-16-22(34)17-15-21)32(18-20-10-6-5-7-11-20)25(35)19-33-24-13-9-8-12-23(24)30-31-33/h5-17,26,34H,4,18-19H2,1-3H3,(H,29,36). The monoisotopic (exact) mass is 485 g/mol. The highest BCUT2D eigenvalue weighted by Crippen LogP contribution is 2.27. The number of hydrogen-bond donors (Lipinski definition) is 2. The Kier molecular flexibility index (Phi) is 7.33. The van der Waals surface area contributed by atoms with Gasteiger partial charge in [0.1, 0.15) is 23.9 Å². The smallest absolute Gasteiger partial charge is 0.247 e. The molecular formula is C28H31N5O3. The molecule has 0 aliphatic rings. The Morgan fingerprint density at radius 3 is 2.36 bits per heavy atom. The Bertz CT molecular complexity index is 1330. The van der Waals surface area contributed by atoms with Gasteiger partial charge in [0.05, 0.1) is 5.52 Å². The van der Waals surface area contributed by atoms with Crippen molar-refractivity contribution in [1.29, 1.82) is 0 Å². The fourth-order valence-corrected chi connectivity index (χ4v) is 3.98. The van der Waals surface area contributed by atoms with Gasteiger partial charge < -0.3 is 15.3 Å². The number of fused-ring (bicyclic) bond motifs is 1. The van der Waals surface area contributed by atoms with E-state index in [1.807, 2.05) is 75.4 Å². The lowest BCUT2D eigenvalue weighted by molar-refractivity contribution is -0.143. The minimum atomic E-state index is -0.918. The zero-order valence-corrected chi connectivity index (χ0v) is 20.8. The van der Waals surface area contributed by atoms with Crippen LogP contribution in [-0.4, -0.2) is 42.4 Å². The molecule has 1 unspecified atom stereocenters. The van der Waals surface area contributed by atoms with Gasteiger partial charge in [0, 0.05) is 12.1 Å². The molecule has 0 aliphatic heterocycles. The van der Waals surface area contributed by atoms with E-state index in [0.29, 0.717) is 11.1 Å². The molecule has 1 aromatic heterocycles. The second-order valence-electron chi connectivity index (χ2n) is 9.46. The summed E-state index contributed by atoms with van der Waals surface area (Å²) in [6.07, 6.45) is 0.721. The second-order valence-corrected chi connectivity index (χ2v) is 9.46. The number of amides is 2. The summed E-state index contributed by atoms with van der Waals surface area (Å²) in [6.45, 7) is 6.04. The number of benzene rings is 3. The summed E-state index contributed by atoms with van der Waals surface area (Å²) in [5.74, 6) is -0.487. The molecule has 36 heavy (non-hydrogen) atoms. The van der Waals surface area contributed by atoms with Crippen LogP contribution in [0.5, 0.6) is 5.75 Å². The molecule has 0 spiro atoms. The number of nitrogens with one attached hydrogen (secondary N) is 1. The lowest BCUT2D eigenvalue weighted by Crippen LogP contribution is -2.50. The Morgan fingerprint density at radius 2 is 1.67 bits per heavy atom. The number of carbonyl (C=O) groups is 2. The van der Waals surface area contributed by atoms with E-state index < -0.39 is 11.6 Å². The zero-order chi connectivity index (χ0) is 25.7. The molecular weight excluding hydrogens is 454 g/mol. The third kappa shape index (κ3) is 5.71. The summed E-state index contributed by atoms with van der Waals surface area (Å²) in [5, 5.41) is 21.3. The van der Waals surface area contributed by atoms with Gasteiger partial charge in [-0.15, -0.1) is 5.10 Å². The first-order chi connectivity index (χ1) is 17.3. The van der Waals surface area contributed by atoms with E-state index in [2.05, 4.69) is 15.6 Å². The summed E-state index contributed by atoms with van der Waals surface area (Å²) in [7, 11) is 0. The lowest BCUT2D eigenvalue weighted by Gasteiger charge is -2.34. The van der Waals surface area contributed by atoms with Crippen LogP contribution in [0.3, 0.4) is 0 Å². The molecule has 0 bridgehead atoms. The van der Waals surface area contributed by atoms with Gasteiger partial charge in [-0.3, -0.25) is 9.59 Å². The van der Waals surface area contributed by atoms with Crippen LogP contribution >= 0.6 is 0 Å². The highest BCUT2D eigenvalue weighted by molar-refractivity contribution is 5.89. The molecule has 0 radical (unpaired) electrons. The molecule has 2 amide bonds. The minimum Gasteiger partial charge on any atom is -0.508 e. The van der Waals surface area contributed by atoms with Gasteiger partial charge in [-0.05, 0) is 55.7 Å². The lowest BCUT2D eigenvalue weighted by atomic mass is 9.98. The van der Waals surface area contributed by atoms with Crippen LogP contribution in [0.4, 0.5) is 0 Å². The van der Waals surface area contributed by atoms with Crippen LogP contribution in [0.15, 0.2) is 78.9 Å². The summed E-state index contributed by atoms with van der Waals surface area (Å²) in [4.78, 5) is 29.2. The van der Waals surface area contributed by atoms with E-state index in [0.717, 1.165) is 17.5 Å². The van der Waals surface area contributed by atoms with Crippen LogP contribution in [0.25, 0.3) is 11.0 Å². The van der Waals surface area contributed by atoms with Crippen molar-refractivity contribution >= 4 is 22.8 Å². The predicted octanol–water partition coefficient (Wildman–Crippen LogP) is 4.21. The summed E-state index contributed by atoms with van der Waals surface area (Å²) in [5.41, 5.74) is 2.46. The fraction of sp³-hybridized carbons (Fsp3) is 0.286. The molecule has 4 aromatic rings. The molecule has 0 fully saturated rings. The van der Waals surface area contributed by atoms with Crippen molar-refractivity contribution in [3.8, 4) is 5.75 Å². The maximum Gasteiger partial charge on any atom is 0.247 e. The van der Waals surface area contributed by atoms with Gasteiger partial charge in [0.2, 0.25) is 11.8 Å². The number of phenols is 1. The largest absolute Gasteiger partial charge is 0.508 e. The number of rotatable bonds is 9. The first kappa shape index (κ1) is 24.9. The summed E-state index contributed by atoms with van der Waals surface area (Å²) < 4.78 is 1.55. The van der Waals surface area contributed by atoms with Crippen molar-refractivity contribution in [2.45, 2.75) is 51.9 Å². The molecule has 0 saturated heterocycles. The number of phenolic OH excluding ortho intramolecular Hbond substituents is 1. The van der Waals surface area contributed by atoms with Crippen LogP contribution < -0.4 is 5.32 Å². The van der Waals surface area contributed by atoms with Gasteiger partial charge in [0.25, 0.3) is 0 Å². The van der Waals surface area contributed by atoms with Crippen molar-refractivity contribution in [3.05, 3.63) is 90.0 Å². The van der Waals surface area contributed by atoms with Crippen LogP contribution in [0.2, 0.25) is 0 Å². The number of hydrogen-bond acceptors (Lipinski definition) is 5. The molecule has 0 saturated carbocycles. The average Bonchev–Trinajstić information content (AvgIpc) is 3.28. The van der Waals surface area contributed by atoms with Gasteiger partial charge >= 0.3 is 0 Å². The average molecular weight is 486 g/mol. The first-order valence-corrected chi connectivity index (χ1v) is 12.0. The third-order valence-electron chi connectivity index (χ3n) is 6.34. The Labute approximate surface area is 210 Å². The molecule has 8 nitrogen and oxygen atoms in total. The van der Waals surface area contributed by atoms with E-state index in [9.17, 15) is 14.7 Å². The third-order valence-corrected chi connectivity index (χ3v) is 6.34. The van der Waals surface area contributed by atoms with Crippen molar-refractivity contribution in [3.63, 3.8) is 0 Å². The Morgan fingerprint density at radius 1 is 1.00 bits per heavy atom. The molecule has 1 heterocycles. The summed E-state index contributed by atoms with van der Waals surface area (Å²) in [6, 6.07) is 22.5. The van der Waals surface area contributed by atoms with Gasteiger partial charge in [-0.25, -0.2) is 4.68 Å². The fourth-order valence-electron chi connectivity index (χ4n) is 3.98. The van der Waals surface area contributed by atoms with Crippen LogP contribution in [0, 0.1) is 0 Å². The van der Waals surface area contributed by atoms with Crippen molar-refractivity contribution in [2.24, 2.45) is 0 Å². The molecule has 1 atom stereocenters. The Balaban J connectivity index is 1.75. The number of aromatic hydroxyl groups is 1. The minimum absolute atomic E-state index is 0.0770. The van der Waals surface area contributed by atoms with Crippen molar-refractivity contribution < 1.29 is 14.7 Å². The topological polar surface area (TPSA) is 100 Å². The number of nitrogens with zero attached hydrogens (tertiary/aromatic N) is 4. The quantitative estimate of drug-likeness (QED) is 0.370. The predicted molar refractivity (Wildman–Crippen MR) is 138 cm³/mol. The molecule has 0 aliphatic carbocycles. The number of para-hydroxylation sites is 1. The van der Waals surface area contributed by atoms with E-state index in [1.165, 1.54) is 12.1 Å². The highest BCUT2D eigenvalue weighted by atomic mass is 16.3. The van der Waals surface area contributed by atoms with Crippen molar-refractivity contribution in [2.75, 3.05) is 0 Å². The Hall–Kier alpha value is -4.20. The molecule has 2 N–H and O–H groups in total. The van der Waals surface area contributed by atoms with Crippen LogP contribution in [0.1, 0.15) is 44.4 Å². The molecule has 4 rings (SSSR count). The van der Waals surface area contributed by atoms with E-state index >= 15 is 0 Å². The normalized spacial score (nSPS) is 12.3. The molecule has 3 aromatic carbocycles. The zero-order valence-electron chi connectivity index (χ0n) is 20.8. The highest BCUT2D eigenvalue weighted by Gasteiger charge is 2.34. The van der Waals surface area contributed by atoms with E-state index in [4.69, 9.17) is 0 Å². The van der Waals surface area contributed by atoms with E-state index in [-0.39, 0.29) is 30.7 Å². The number of aromatic nitrogens is 3. The van der Waals surface area contributed by atoms with Crippen molar-refractivity contribution in [1.82, 2.24) is 25.2 Å². The van der Waals surface area contributed by atoms with Gasteiger partial charge in [-0.1, -0.05) is 66.7 Å². The number of carbonyl (C=O) groups excluding carboxylic acids is 2. The second kappa shape index (κ2) is 10.6. The molecule has 186 valence electrons. The maximum atomic E-state index is 13.9. The maximum absolute atomic E-state index is 13.9. The van der Waals surface area contributed by atoms with Crippen LogP contribution in [-0.2, 0) is 22.7 Å². The van der Waals surface area contributed by atoms with Gasteiger partial charge in [0.15, 0.2) is 0 Å². The van der Waals surface area contributed by atoms with E-state index in [1.54, 1.807) is 21.7 Å². The summed E-state index contributed by atoms with van der Waals surface area (Å²) >= 11 is 0. The first-order valence-electron chi connectivity index (χ1n) is 12.0. The SMILES string of the molecule is CCC(C)(C)NC(=O)C(c1ccc(O)cc1)N(Cc1ccccc1)C(=O)Cn1nnc2ccccc21.